The highest BCUT2D eigenvalue weighted by atomic mass is 32.2. The van der Waals surface area contributed by atoms with Gasteiger partial charge in [-0.3, -0.25) is 10.1 Å². The molecule has 0 atom stereocenters. The third-order valence-electron chi connectivity index (χ3n) is 3.73. The highest BCUT2D eigenvalue weighted by Gasteiger charge is 2.33. The van der Waals surface area contributed by atoms with E-state index in [2.05, 4.69) is 0 Å². The molecule has 1 fully saturated rings. The number of hydrogen-bond acceptors (Lipinski definition) is 6. The number of nitro benzene ring substituents is 1. The fourth-order valence-corrected chi connectivity index (χ4v) is 3.39. The first kappa shape index (κ1) is 15.7. The van der Waals surface area contributed by atoms with Crippen LogP contribution in [-0.2, 0) is 9.84 Å². The Balaban J connectivity index is 2.58. The zero-order valence-corrected chi connectivity index (χ0v) is 12.5. The summed E-state index contributed by atoms with van der Waals surface area (Å²) in [4.78, 5) is 12.2. The lowest BCUT2D eigenvalue weighted by Gasteiger charge is -2.38. The summed E-state index contributed by atoms with van der Waals surface area (Å²) in [6, 6.07) is 4.41. The molecule has 0 aromatic heterocycles. The van der Waals surface area contributed by atoms with Gasteiger partial charge in [-0.05, 0) is 31.4 Å². The Bertz CT molecular complexity index is 640. The second kappa shape index (κ2) is 5.98. The Morgan fingerprint density at radius 3 is 2.52 bits per heavy atom. The number of para-hydroxylation sites is 1. The number of aliphatic hydroxyl groups is 1. The number of rotatable bonds is 6. The average molecular weight is 314 g/mol. The van der Waals surface area contributed by atoms with Crippen molar-refractivity contribution in [2.45, 2.75) is 30.2 Å². The third-order valence-corrected chi connectivity index (χ3v) is 4.85. The number of nitro groups is 1. The van der Waals surface area contributed by atoms with Crippen LogP contribution in [0.2, 0.25) is 0 Å². The minimum absolute atomic E-state index is 0.116. The fraction of sp³-hybridized carbons (Fsp3) is 0.538. The van der Waals surface area contributed by atoms with Gasteiger partial charge in [0.2, 0.25) is 0 Å². The molecular formula is C13H18N2O5S. The van der Waals surface area contributed by atoms with Gasteiger partial charge in [-0.15, -0.1) is 0 Å². The van der Waals surface area contributed by atoms with Crippen LogP contribution < -0.4 is 4.90 Å². The van der Waals surface area contributed by atoms with Gasteiger partial charge in [0.15, 0.2) is 9.84 Å². The van der Waals surface area contributed by atoms with Gasteiger partial charge in [0.1, 0.15) is 10.6 Å². The zero-order valence-electron chi connectivity index (χ0n) is 11.7. The standard InChI is InChI=1S/C13H18N2O5S/c1-21(19,20)12-7-3-6-11(13(12)15(17)18)14(8-9-16)10-4-2-5-10/h3,6-7,10,16H,2,4-5,8-9H2,1H3. The first-order valence-electron chi connectivity index (χ1n) is 6.71. The Hall–Kier alpha value is -1.67. The maximum Gasteiger partial charge on any atom is 0.311 e. The van der Waals surface area contributed by atoms with Gasteiger partial charge < -0.3 is 10.0 Å². The van der Waals surface area contributed by atoms with Crippen molar-refractivity contribution in [3.63, 3.8) is 0 Å². The monoisotopic (exact) mass is 314 g/mol. The molecule has 1 aliphatic carbocycles. The second-order valence-electron chi connectivity index (χ2n) is 5.15. The van der Waals surface area contributed by atoms with Crippen molar-refractivity contribution >= 4 is 21.2 Å². The fourth-order valence-electron chi connectivity index (χ4n) is 2.53. The Morgan fingerprint density at radius 2 is 2.10 bits per heavy atom. The molecular weight excluding hydrogens is 296 g/mol. The molecule has 0 unspecified atom stereocenters. The largest absolute Gasteiger partial charge is 0.395 e. The predicted octanol–water partition coefficient (Wildman–Crippen LogP) is 1.35. The quantitative estimate of drug-likeness (QED) is 0.628. The van der Waals surface area contributed by atoms with Crippen LogP contribution in [0.4, 0.5) is 11.4 Å². The number of nitrogens with zero attached hydrogens (tertiary/aromatic N) is 2. The maximum absolute atomic E-state index is 11.8. The second-order valence-corrected chi connectivity index (χ2v) is 7.14. The van der Waals surface area contributed by atoms with Crippen molar-refractivity contribution in [2.24, 2.45) is 0 Å². The third kappa shape index (κ3) is 3.16. The van der Waals surface area contributed by atoms with E-state index in [0.29, 0.717) is 0 Å². The van der Waals surface area contributed by atoms with Gasteiger partial charge in [0, 0.05) is 18.8 Å². The van der Waals surface area contributed by atoms with Crippen LogP contribution >= 0.6 is 0 Å². The van der Waals surface area contributed by atoms with Crippen molar-refractivity contribution in [3.8, 4) is 0 Å². The van der Waals surface area contributed by atoms with Gasteiger partial charge in [-0.2, -0.15) is 0 Å². The van der Waals surface area contributed by atoms with E-state index in [0.717, 1.165) is 25.5 Å². The van der Waals surface area contributed by atoms with E-state index < -0.39 is 20.4 Å². The molecule has 1 aromatic carbocycles. The molecule has 8 heteroatoms. The Kier molecular flexibility index (Phi) is 4.48. The summed E-state index contributed by atoms with van der Waals surface area (Å²) in [5.41, 5.74) is -0.137. The molecule has 0 aliphatic heterocycles. The van der Waals surface area contributed by atoms with E-state index in [1.165, 1.54) is 12.1 Å². The first-order chi connectivity index (χ1) is 9.86. The number of benzene rings is 1. The van der Waals surface area contributed by atoms with Gasteiger partial charge in [0.05, 0.1) is 11.5 Å². The summed E-state index contributed by atoms with van der Waals surface area (Å²) in [6.45, 7) is 0.107. The van der Waals surface area contributed by atoms with E-state index in [4.69, 9.17) is 0 Å². The molecule has 0 radical (unpaired) electrons. The highest BCUT2D eigenvalue weighted by Crippen LogP contribution is 2.38. The number of sulfone groups is 1. The van der Waals surface area contributed by atoms with Crippen LogP contribution in [0.15, 0.2) is 23.1 Å². The first-order valence-corrected chi connectivity index (χ1v) is 8.60. The van der Waals surface area contributed by atoms with Crippen molar-refractivity contribution in [1.82, 2.24) is 0 Å². The minimum atomic E-state index is -3.69. The molecule has 1 saturated carbocycles. The van der Waals surface area contributed by atoms with Gasteiger partial charge in [-0.1, -0.05) is 6.07 Å². The molecule has 0 saturated heterocycles. The lowest BCUT2D eigenvalue weighted by Crippen LogP contribution is -2.42. The average Bonchev–Trinajstić information content (AvgIpc) is 2.34. The van der Waals surface area contributed by atoms with Crippen molar-refractivity contribution in [1.29, 1.82) is 0 Å². The van der Waals surface area contributed by atoms with Gasteiger partial charge in [-0.25, -0.2) is 8.42 Å². The molecule has 21 heavy (non-hydrogen) atoms. The molecule has 0 spiro atoms. The lowest BCUT2D eigenvalue weighted by atomic mass is 9.91. The van der Waals surface area contributed by atoms with E-state index >= 15 is 0 Å². The van der Waals surface area contributed by atoms with E-state index in [1.807, 2.05) is 0 Å². The van der Waals surface area contributed by atoms with Gasteiger partial charge in [0.25, 0.3) is 0 Å². The maximum atomic E-state index is 11.8. The lowest BCUT2D eigenvalue weighted by molar-refractivity contribution is -0.387. The van der Waals surface area contributed by atoms with E-state index in [9.17, 15) is 23.6 Å². The topological polar surface area (TPSA) is 101 Å². The zero-order chi connectivity index (χ0) is 15.6. The summed E-state index contributed by atoms with van der Waals surface area (Å²) >= 11 is 0. The number of hydrogen-bond donors (Lipinski definition) is 1. The molecule has 116 valence electrons. The smallest absolute Gasteiger partial charge is 0.311 e. The Morgan fingerprint density at radius 1 is 1.43 bits per heavy atom. The number of anilines is 1. The Labute approximate surface area is 123 Å². The molecule has 7 nitrogen and oxygen atoms in total. The van der Waals surface area contributed by atoms with Crippen LogP contribution in [-0.4, -0.2) is 43.9 Å². The molecule has 1 aliphatic rings. The molecule has 0 heterocycles. The number of aliphatic hydroxyl groups excluding tert-OH is 1. The minimum Gasteiger partial charge on any atom is -0.395 e. The van der Waals surface area contributed by atoms with Crippen LogP contribution in [0.3, 0.4) is 0 Å². The summed E-state index contributed by atoms with van der Waals surface area (Å²) in [7, 11) is -3.69. The van der Waals surface area contributed by atoms with Crippen LogP contribution in [0.25, 0.3) is 0 Å². The van der Waals surface area contributed by atoms with Crippen molar-refractivity contribution in [3.05, 3.63) is 28.3 Å². The van der Waals surface area contributed by atoms with Crippen LogP contribution in [0.5, 0.6) is 0 Å². The summed E-state index contributed by atoms with van der Waals surface area (Å²) in [5.74, 6) is 0. The normalized spacial score (nSPS) is 15.5. The SMILES string of the molecule is CS(=O)(=O)c1cccc(N(CCO)C2CCC2)c1[N+](=O)[O-]. The van der Waals surface area contributed by atoms with E-state index in [-0.39, 0.29) is 29.8 Å². The van der Waals surface area contributed by atoms with Crippen LogP contribution in [0.1, 0.15) is 19.3 Å². The molecule has 0 bridgehead atoms. The van der Waals surface area contributed by atoms with Crippen molar-refractivity contribution < 1.29 is 18.4 Å². The highest BCUT2D eigenvalue weighted by molar-refractivity contribution is 7.90. The predicted molar refractivity (Wildman–Crippen MR) is 78.3 cm³/mol. The molecule has 0 amide bonds. The van der Waals surface area contributed by atoms with Crippen LogP contribution in [0, 0.1) is 10.1 Å². The molecule has 2 rings (SSSR count). The van der Waals surface area contributed by atoms with Crippen molar-refractivity contribution in [2.75, 3.05) is 24.3 Å². The van der Waals surface area contributed by atoms with E-state index in [1.54, 1.807) is 11.0 Å². The summed E-state index contributed by atoms with van der Waals surface area (Å²) < 4.78 is 23.5. The molecule has 1 aromatic rings. The van der Waals surface area contributed by atoms with Gasteiger partial charge >= 0.3 is 5.69 Å². The summed E-state index contributed by atoms with van der Waals surface area (Å²) in [6.07, 6.45) is 3.77. The summed E-state index contributed by atoms with van der Waals surface area (Å²) in [5, 5.41) is 20.6. The molecule has 1 N–H and O–H groups in total.